The van der Waals surface area contributed by atoms with Gasteiger partial charge in [-0.1, -0.05) is 43.7 Å². The van der Waals surface area contributed by atoms with Crippen LogP contribution >= 0.6 is 0 Å². The number of rotatable bonds is 10. The van der Waals surface area contributed by atoms with Crippen molar-refractivity contribution in [3.63, 3.8) is 0 Å². The maximum absolute atomic E-state index is 11.4. The van der Waals surface area contributed by atoms with Crippen LogP contribution in [0.25, 0.3) is 0 Å². The smallest absolute Gasteiger partial charge is 0.337 e. The van der Waals surface area contributed by atoms with Gasteiger partial charge < -0.3 is 20.6 Å². The average molecular weight is 452 g/mol. The molecule has 0 saturated heterocycles. The molecule has 0 amide bonds. The van der Waals surface area contributed by atoms with Crippen LogP contribution in [0.3, 0.4) is 0 Å². The number of nitrogens with one attached hydrogen (secondary N) is 2. The maximum atomic E-state index is 11.4. The molecule has 0 atom stereocenters. The lowest BCUT2D eigenvalue weighted by Crippen LogP contribution is -2.18. The minimum absolute atomic E-state index is 0.244. The number of aromatic carboxylic acids is 1. The predicted octanol–water partition coefficient (Wildman–Crippen LogP) is 7.81. The van der Waals surface area contributed by atoms with E-state index in [-0.39, 0.29) is 5.56 Å². The molecule has 0 heterocycles. The first kappa shape index (κ1) is 22.9. The molecule has 5 nitrogen and oxygen atoms in total. The Hall–Kier alpha value is -4.25. The molecule has 0 aromatic heterocycles. The number of benzene rings is 4. The first-order chi connectivity index (χ1) is 16.6. The van der Waals surface area contributed by atoms with Gasteiger partial charge in [0.1, 0.15) is 0 Å². The summed E-state index contributed by atoms with van der Waals surface area (Å²) in [5, 5.41) is 16.0. The molecule has 0 aliphatic heterocycles. The van der Waals surface area contributed by atoms with Crippen LogP contribution in [-0.4, -0.2) is 17.6 Å². The van der Waals surface area contributed by atoms with E-state index in [4.69, 9.17) is 0 Å². The molecule has 0 saturated carbocycles. The van der Waals surface area contributed by atoms with Crippen molar-refractivity contribution < 1.29 is 9.90 Å². The van der Waals surface area contributed by atoms with Crippen LogP contribution < -0.4 is 15.5 Å². The molecule has 4 rings (SSSR count). The summed E-state index contributed by atoms with van der Waals surface area (Å²) in [6.45, 7) is 3.19. The van der Waals surface area contributed by atoms with Gasteiger partial charge in [-0.25, -0.2) is 4.79 Å². The number of carbonyl (C=O) groups is 1. The Morgan fingerprint density at radius 2 is 1.24 bits per heavy atom. The summed E-state index contributed by atoms with van der Waals surface area (Å²) in [5.74, 6) is -0.953. The van der Waals surface area contributed by atoms with E-state index in [0.717, 1.165) is 36.4 Å². The van der Waals surface area contributed by atoms with Crippen molar-refractivity contribution in [2.24, 2.45) is 0 Å². The average Bonchev–Trinajstić information content (AvgIpc) is 2.87. The Kier molecular flexibility index (Phi) is 7.45. The van der Waals surface area contributed by atoms with E-state index in [9.17, 15) is 9.90 Å². The lowest BCUT2D eigenvalue weighted by molar-refractivity contribution is 0.0698. The van der Waals surface area contributed by atoms with E-state index < -0.39 is 5.97 Å². The lowest BCUT2D eigenvalue weighted by atomic mass is 10.1. The fraction of sp³-hybridized carbons (Fsp3) is 0.138. The number of nitrogens with zero attached hydrogens (tertiary/aromatic N) is 1. The van der Waals surface area contributed by atoms with Crippen LogP contribution in [0, 0.1) is 0 Å². The fourth-order valence-corrected chi connectivity index (χ4v) is 3.79. The van der Waals surface area contributed by atoms with Crippen molar-refractivity contribution in [2.45, 2.75) is 19.8 Å². The van der Waals surface area contributed by atoms with E-state index in [1.807, 2.05) is 36.4 Å². The summed E-state index contributed by atoms with van der Waals surface area (Å²) in [4.78, 5) is 13.8. The van der Waals surface area contributed by atoms with Gasteiger partial charge in [-0.2, -0.15) is 0 Å². The summed E-state index contributed by atoms with van der Waals surface area (Å²) in [5.41, 5.74) is 5.96. The predicted molar refractivity (Wildman–Crippen MR) is 141 cm³/mol. The number of anilines is 6. The zero-order chi connectivity index (χ0) is 23.8. The second kappa shape index (κ2) is 11.1. The quantitative estimate of drug-likeness (QED) is 0.229. The van der Waals surface area contributed by atoms with E-state index in [0.29, 0.717) is 5.69 Å². The molecule has 0 spiro atoms. The first-order valence-electron chi connectivity index (χ1n) is 11.5. The molecule has 4 aromatic rings. The number of hydrogen-bond donors (Lipinski definition) is 3. The highest BCUT2D eigenvalue weighted by atomic mass is 16.4. The number of unbranched alkanes of at least 4 members (excludes halogenated alkanes) is 1. The van der Waals surface area contributed by atoms with Crippen LogP contribution in [-0.2, 0) is 0 Å². The Labute approximate surface area is 200 Å². The van der Waals surface area contributed by atoms with Crippen molar-refractivity contribution in [3.8, 4) is 0 Å². The van der Waals surface area contributed by atoms with Crippen molar-refractivity contribution in [1.82, 2.24) is 0 Å². The zero-order valence-electron chi connectivity index (χ0n) is 19.2. The second-order valence-corrected chi connectivity index (χ2v) is 8.07. The minimum atomic E-state index is -0.953. The molecule has 0 unspecified atom stereocenters. The fourth-order valence-electron chi connectivity index (χ4n) is 3.79. The molecule has 0 fully saturated rings. The standard InChI is InChI=1S/C29H29N3O2/c1-2-3-21-32(25-9-5-4-6-10-25)26-19-17-23(18-20-26)30-22-13-15-24(16-14-22)31-28-12-8-7-11-27(28)29(33)34/h4-20,30-31H,2-3,21H2,1H3,(H,33,34). The highest BCUT2D eigenvalue weighted by molar-refractivity contribution is 5.95. The number of carboxylic acids is 1. The summed E-state index contributed by atoms with van der Waals surface area (Å²) in [6.07, 6.45) is 2.28. The van der Waals surface area contributed by atoms with E-state index in [2.05, 4.69) is 71.0 Å². The SMILES string of the molecule is CCCCN(c1ccccc1)c1ccc(Nc2ccc(Nc3ccccc3C(=O)O)cc2)cc1. The van der Waals surface area contributed by atoms with Gasteiger partial charge >= 0.3 is 5.97 Å². The van der Waals surface area contributed by atoms with Crippen LogP contribution in [0.5, 0.6) is 0 Å². The molecule has 3 N–H and O–H groups in total. The summed E-state index contributed by atoms with van der Waals surface area (Å²) in [7, 11) is 0. The van der Waals surface area contributed by atoms with E-state index >= 15 is 0 Å². The highest BCUT2D eigenvalue weighted by Crippen LogP contribution is 2.28. The van der Waals surface area contributed by atoms with Crippen molar-refractivity contribution in [2.75, 3.05) is 22.1 Å². The van der Waals surface area contributed by atoms with Crippen molar-refractivity contribution in [3.05, 3.63) is 109 Å². The molecule has 5 heteroatoms. The molecule has 34 heavy (non-hydrogen) atoms. The molecule has 4 aromatic carbocycles. The largest absolute Gasteiger partial charge is 0.478 e. The van der Waals surface area contributed by atoms with Gasteiger partial charge in [0.2, 0.25) is 0 Å². The van der Waals surface area contributed by atoms with E-state index in [1.54, 1.807) is 18.2 Å². The summed E-state index contributed by atoms with van der Waals surface area (Å²) in [6, 6.07) is 33.6. The van der Waals surface area contributed by atoms with Crippen molar-refractivity contribution >= 4 is 40.1 Å². The normalized spacial score (nSPS) is 10.5. The van der Waals surface area contributed by atoms with Gasteiger partial charge in [0.05, 0.1) is 11.3 Å². The number of hydrogen-bond acceptors (Lipinski definition) is 4. The topological polar surface area (TPSA) is 64.6 Å². The third-order valence-corrected chi connectivity index (χ3v) is 5.59. The molecule has 0 aliphatic rings. The molecular formula is C29H29N3O2. The Balaban J connectivity index is 1.44. The summed E-state index contributed by atoms with van der Waals surface area (Å²) < 4.78 is 0. The zero-order valence-corrected chi connectivity index (χ0v) is 19.2. The monoisotopic (exact) mass is 451 g/mol. The van der Waals surface area contributed by atoms with Crippen LogP contribution in [0.2, 0.25) is 0 Å². The van der Waals surface area contributed by atoms with Gasteiger partial charge in [0, 0.05) is 35.0 Å². The number of carboxylic acid groups (broad SMARTS) is 1. The molecule has 172 valence electrons. The molecule has 0 bridgehead atoms. The van der Waals surface area contributed by atoms with Gasteiger partial charge in [0.25, 0.3) is 0 Å². The highest BCUT2D eigenvalue weighted by Gasteiger charge is 2.10. The first-order valence-corrected chi connectivity index (χ1v) is 11.5. The molecule has 0 radical (unpaired) electrons. The van der Waals surface area contributed by atoms with Crippen molar-refractivity contribution in [1.29, 1.82) is 0 Å². The van der Waals surface area contributed by atoms with Crippen LogP contribution in [0.4, 0.5) is 34.1 Å². The minimum Gasteiger partial charge on any atom is -0.478 e. The maximum Gasteiger partial charge on any atom is 0.337 e. The Morgan fingerprint density at radius 1 is 0.706 bits per heavy atom. The Morgan fingerprint density at radius 3 is 1.85 bits per heavy atom. The Bertz CT molecular complexity index is 1210. The van der Waals surface area contributed by atoms with Crippen LogP contribution in [0.15, 0.2) is 103 Å². The molecule has 0 aliphatic carbocycles. The third kappa shape index (κ3) is 5.75. The molecular weight excluding hydrogens is 422 g/mol. The second-order valence-electron chi connectivity index (χ2n) is 8.07. The van der Waals surface area contributed by atoms with E-state index in [1.165, 1.54) is 11.4 Å². The third-order valence-electron chi connectivity index (χ3n) is 5.59. The van der Waals surface area contributed by atoms with Gasteiger partial charge in [0.15, 0.2) is 0 Å². The lowest BCUT2D eigenvalue weighted by Gasteiger charge is -2.25. The van der Waals surface area contributed by atoms with Gasteiger partial charge in [-0.3, -0.25) is 0 Å². The number of para-hydroxylation sites is 2. The van der Waals surface area contributed by atoms with Gasteiger partial charge in [-0.15, -0.1) is 0 Å². The summed E-state index contributed by atoms with van der Waals surface area (Å²) >= 11 is 0. The van der Waals surface area contributed by atoms with Gasteiger partial charge in [-0.05, 0) is 79.2 Å². The van der Waals surface area contributed by atoms with Crippen LogP contribution in [0.1, 0.15) is 30.1 Å².